The van der Waals surface area contributed by atoms with Gasteiger partial charge in [-0.15, -0.1) is 0 Å². The number of nitrogens with one attached hydrogen (secondary N) is 2. The van der Waals surface area contributed by atoms with E-state index >= 15 is 0 Å². The molecule has 2 rings (SSSR count). The molecule has 0 spiro atoms. The molecule has 1 aliphatic carbocycles. The zero-order chi connectivity index (χ0) is 19.4. The molecule has 6 nitrogen and oxygen atoms in total. The number of alkyl carbamates (subject to hydrolysis) is 1. The van der Waals surface area contributed by atoms with Crippen molar-refractivity contribution in [1.29, 1.82) is 0 Å². The van der Waals surface area contributed by atoms with E-state index in [1.165, 1.54) is 0 Å². The number of ether oxygens (including phenoxy) is 1. The van der Waals surface area contributed by atoms with Crippen LogP contribution in [-0.2, 0) is 16.1 Å². The molecule has 1 aliphatic rings. The summed E-state index contributed by atoms with van der Waals surface area (Å²) < 4.78 is 5.35. The van der Waals surface area contributed by atoms with Crippen LogP contribution in [0, 0.1) is 5.41 Å². The van der Waals surface area contributed by atoms with E-state index in [0.717, 1.165) is 24.8 Å². The third kappa shape index (κ3) is 5.38. The lowest BCUT2D eigenvalue weighted by atomic mass is 9.71. The molecule has 144 valence electrons. The van der Waals surface area contributed by atoms with Gasteiger partial charge in [-0.2, -0.15) is 0 Å². The van der Waals surface area contributed by atoms with Gasteiger partial charge in [-0.25, -0.2) is 4.79 Å². The number of aromatic hydroxyl groups is 1. The standard InChI is InChI=1S/C20H30N2O4/c1-19(2,3)26-18(25)22-16-10-5-6-11-20(16,4)17(24)21-13-14-8-7-9-15(23)12-14/h7-9,12,16,23H,5-6,10-11,13H2,1-4H3,(H,21,24)(H,22,25)/t16-,20+/m1/s1. The highest BCUT2D eigenvalue weighted by atomic mass is 16.6. The lowest BCUT2D eigenvalue weighted by molar-refractivity contribution is -0.133. The Morgan fingerprint density at radius 2 is 2.04 bits per heavy atom. The Bertz CT molecular complexity index is 653. The lowest BCUT2D eigenvalue weighted by Crippen LogP contribution is -2.56. The minimum Gasteiger partial charge on any atom is -0.508 e. The minimum absolute atomic E-state index is 0.0957. The average Bonchev–Trinajstić information content (AvgIpc) is 2.53. The Morgan fingerprint density at radius 1 is 1.31 bits per heavy atom. The summed E-state index contributed by atoms with van der Waals surface area (Å²) in [7, 11) is 0. The largest absolute Gasteiger partial charge is 0.508 e. The van der Waals surface area contributed by atoms with Crippen LogP contribution < -0.4 is 10.6 Å². The van der Waals surface area contributed by atoms with Crippen molar-refractivity contribution in [2.75, 3.05) is 0 Å². The Hall–Kier alpha value is -2.24. The van der Waals surface area contributed by atoms with Gasteiger partial charge >= 0.3 is 6.09 Å². The summed E-state index contributed by atoms with van der Waals surface area (Å²) in [4.78, 5) is 25.1. The molecule has 1 fully saturated rings. The third-order valence-electron chi connectivity index (χ3n) is 4.78. The second-order valence-electron chi connectivity index (χ2n) is 8.21. The number of hydrogen-bond acceptors (Lipinski definition) is 4. The predicted octanol–water partition coefficient (Wildman–Crippen LogP) is 3.48. The van der Waals surface area contributed by atoms with E-state index < -0.39 is 17.1 Å². The molecule has 0 unspecified atom stereocenters. The molecule has 0 aliphatic heterocycles. The maximum Gasteiger partial charge on any atom is 0.407 e. The quantitative estimate of drug-likeness (QED) is 0.765. The first kappa shape index (κ1) is 20.1. The molecule has 0 bridgehead atoms. The zero-order valence-corrected chi connectivity index (χ0v) is 16.1. The second-order valence-corrected chi connectivity index (χ2v) is 8.21. The first-order valence-corrected chi connectivity index (χ1v) is 9.16. The smallest absolute Gasteiger partial charge is 0.407 e. The third-order valence-corrected chi connectivity index (χ3v) is 4.78. The van der Waals surface area contributed by atoms with Crippen LogP contribution in [0.2, 0.25) is 0 Å². The van der Waals surface area contributed by atoms with Crippen molar-refractivity contribution in [3.05, 3.63) is 29.8 Å². The van der Waals surface area contributed by atoms with Crippen molar-refractivity contribution in [3.63, 3.8) is 0 Å². The van der Waals surface area contributed by atoms with E-state index in [1.807, 2.05) is 33.8 Å². The predicted molar refractivity (Wildman–Crippen MR) is 99.7 cm³/mol. The second kappa shape index (κ2) is 7.98. The molecule has 1 aromatic rings. The molecule has 0 aromatic heterocycles. The van der Waals surface area contributed by atoms with Gasteiger partial charge < -0.3 is 20.5 Å². The molecule has 0 heterocycles. The number of phenols is 1. The fourth-order valence-electron chi connectivity index (χ4n) is 3.34. The fourth-order valence-corrected chi connectivity index (χ4v) is 3.34. The normalized spacial score (nSPS) is 23.2. The van der Waals surface area contributed by atoms with Crippen molar-refractivity contribution >= 4 is 12.0 Å². The van der Waals surface area contributed by atoms with E-state index in [-0.39, 0.29) is 17.7 Å². The first-order valence-electron chi connectivity index (χ1n) is 9.16. The van der Waals surface area contributed by atoms with Gasteiger partial charge in [0.15, 0.2) is 0 Å². The van der Waals surface area contributed by atoms with Gasteiger partial charge in [0, 0.05) is 12.6 Å². The van der Waals surface area contributed by atoms with Crippen molar-refractivity contribution in [3.8, 4) is 5.75 Å². The molecule has 1 aromatic carbocycles. The molecule has 0 saturated heterocycles. The number of benzene rings is 1. The number of amides is 2. The Balaban J connectivity index is 2.02. The molecule has 2 amide bonds. The summed E-state index contributed by atoms with van der Waals surface area (Å²) in [6.45, 7) is 7.67. The number of hydrogen-bond donors (Lipinski definition) is 3. The van der Waals surface area contributed by atoms with Gasteiger partial charge in [-0.05, 0) is 58.2 Å². The van der Waals surface area contributed by atoms with Crippen LogP contribution >= 0.6 is 0 Å². The van der Waals surface area contributed by atoms with Crippen LogP contribution in [0.4, 0.5) is 4.79 Å². The van der Waals surface area contributed by atoms with Crippen molar-refractivity contribution in [2.24, 2.45) is 5.41 Å². The molecule has 0 radical (unpaired) electrons. The van der Waals surface area contributed by atoms with Crippen molar-refractivity contribution < 1.29 is 19.4 Å². The van der Waals surface area contributed by atoms with E-state index in [0.29, 0.717) is 13.0 Å². The van der Waals surface area contributed by atoms with Gasteiger partial charge in [-0.1, -0.05) is 25.0 Å². The van der Waals surface area contributed by atoms with Crippen molar-refractivity contribution in [2.45, 2.75) is 71.6 Å². The van der Waals surface area contributed by atoms with Crippen LogP contribution in [0.3, 0.4) is 0 Å². The average molecular weight is 362 g/mol. The number of carbonyl (C=O) groups excluding carboxylic acids is 2. The summed E-state index contributed by atoms with van der Waals surface area (Å²) in [5.41, 5.74) is -0.437. The van der Waals surface area contributed by atoms with Crippen LogP contribution in [0.1, 0.15) is 58.9 Å². The first-order chi connectivity index (χ1) is 12.1. The maximum absolute atomic E-state index is 12.9. The number of carbonyl (C=O) groups is 2. The fraction of sp³-hybridized carbons (Fsp3) is 0.600. The molecular weight excluding hydrogens is 332 g/mol. The number of rotatable bonds is 4. The van der Waals surface area contributed by atoms with E-state index in [4.69, 9.17) is 4.74 Å². The Kier molecular flexibility index (Phi) is 6.16. The Morgan fingerprint density at radius 3 is 2.69 bits per heavy atom. The summed E-state index contributed by atoms with van der Waals surface area (Å²) in [6.07, 6.45) is 2.88. The SMILES string of the molecule is CC(C)(C)OC(=O)N[C@@H]1CCCC[C@]1(C)C(=O)NCc1cccc(O)c1. The molecule has 1 saturated carbocycles. The lowest BCUT2D eigenvalue weighted by Gasteiger charge is -2.40. The maximum atomic E-state index is 12.9. The highest BCUT2D eigenvalue weighted by Gasteiger charge is 2.44. The van der Waals surface area contributed by atoms with Crippen LogP contribution in [0.25, 0.3) is 0 Å². The molecule has 6 heteroatoms. The van der Waals surface area contributed by atoms with E-state index in [9.17, 15) is 14.7 Å². The number of phenolic OH excluding ortho intramolecular Hbond substituents is 1. The molecule has 2 atom stereocenters. The van der Waals surface area contributed by atoms with Crippen molar-refractivity contribution in [1.82, 2.24) is 10.6 Å². The van der Waals surface area contributed by atoms with Gasteiger partial charge in [0.1, 0.15) is 11.4 Å². The minimum atomic E-state index is -0.689. The Labute approximate surface area is 155 Å². The highest BCUT2D eigenvalue weighted by Crippen LogP contribution is 2.36. The molecule has 3 N–H and O–H groups in total. The van der Waals surface area contributed by atoms with Gasteiger partial charge in [0.25, 0.3) is 0 Å². The van der Waals surface area contributed by atoms with Crippen LogP contribution in [0.15, 0.2) is 24.3 Å². The van der Waals surface area contributed by atoms with Crippen LogP contribution in [0.5, 0.6) is 5.75 Å². The summed E-state index contributed by atoms with van der Waals surface area (Å²) in [5, 5.41) is 15.4. The molecular formula is C20H30N2O4. The van der Waals surface area contributed by atoms with E-state index in [1.54, 1.807) is 18.2 Å². The topological polar surface area (TPSA) is 87.7 Å². The molecule has 26 heavy (non-hydrogen) atoms. The highest BCUT2D eigenvalue weighted by molar-refractivity contribution is 5.84. The van der Waals surface area contributed by atoms with E-state index in [2.05, 4.69) is 10.6 Å². The van der Waals surface area contributed by atoms with Crippen LogP contribution in [-0.4, -0.2) is 28.7 Å². The van der Waals surface area contributed by atoms with Gasteiger partial charge in [0.2, 0.25) is 5.91 Å². The van der Waals surface area contributed by atoms with Gasteiger partial charge in [-0.3, -0.25) is 4.79 Å². The summed E-state index contributed by atoms with van der Waals surface area (Å²) in [6, 6.07) is 6.54. The zero-order valence-electron chi connectivity index (χ0n) is 16.1. The van der Waals surface area contributed by atoms with Gasteiger partial charge in [0.05, 0.1) is 5.41 Å². The summed E-state index contributed by atoms with van der Waals surface area (Å²) in [5.74, 6) is 0.0756. The summed E-state index contributed by atoms with van der Waals surface area (Å²) >= 11 is 0. The monoisotopic (exact) mass is 362 g/mol.